The number of hydrogen-bond donors (Lipinski definition) is 1. The SMILES string of the molecule is CCC(C(=O)NC(C)(C)C)N(CCc1ccccc1)C(=O)CN(c1ccc(Cl)c(C(F)(F)F)c1)S(=O)(=O)c1ccccc1. The maximum atomic E-state index is 14.0. The van der Waals surface area contributed by atoms with Crippen LogP contribution in [0.4, 0.5) is 18.9 Å². The van der Waals surface area contributed by atoms with Crippen molar-refractivity contribution in [3.8, 4) is 0 Å². The monoisotopic (exact) mass is 637 g/mol. The van der Waals surface area contributed by atoms with E-state index in [1.54, 1.807) is 33.8 Å². The highest BCUT2D eigenvalue weighted by atomic mass is 35.5. The summed E-state index contributed by atoms with van der Waals surface area (Å²) in [6, 6.07) is 18.0. The predicted molar refractivity (Wildman–Crippen MR) is 161 cm³/mol. The molecular formula is C31H35ClF3N3O4S. The van der Waals surface area contributed by atoms with Crippen LogP contribution in [0.2, 0.25) is 5.02 Å². The van der Waals surface area contributed by atoms with Crippen LogP contribution in [0.3, 0.4) is 0 Å². The normalized spacial score (nSPS) is 12.8. The molecule has 1 N–H and O–H groups in total. The van der Waals surface area contributed by atoms with Gasteiger partial charge in [-0.2, -0.15) is 13.2 Å². The molecule has 0 heterocycles. The minimum atomic E-state index is -4.88. The Balaban J connectivity index is 2.10. The zero-order valence-corrected chi connectivity index (χ0v) is 25.9. The van der Waals surface area contributed by atoms with Gasteiger partial charge in [-0.05, 0) is 69.5 Å². The molecule has 1 unspecified atom stereocenters. The van der Waals surface area contributed by atoms with E-state index in [-0.39, 0.29) is 17.9 Å². The fourth-order valence-electron chi connectivity index (χ4n) is 4.48. The van der Waals surface area contributed by atoms with E-state index in [4.69, 9.17) is 11.6 Å². The van der Waals surface area contributed by atoms with Gasteiger partial charge < -0.3 is 10.2 Å². The molecule has 0 radical (unpaired) electrons. The molecule has 0 aliphatic rings. The molecule has 232 valence electrons. The van der Waals surface area contributed by atoms with Crippen molar-refractivity contribution in [1.82, 2.24) is 10.2 Å². The van der Waals surface area contributed by atoms with Crippen molar-refractivity contribution in [2.75, 3.05) is 17.4 Å². The highest BCUT2D eigenvalue weighted by molar-refractivity contribution is 7.92. The molecule has 0 spiro atoms. The van der Waals surface area contributed by atoms with Crippen LogP contribution in [0.5, 0.6) is 0 Å². The Bertz CT molecular complexity index is 1510. The number of nitrogens with one attached hydrogen (secondary N) is 1. The van der Waals surface area contributed by atoms with E-state index in [1.165, 1.54) is 29.2 Å². The van der Waals surface area contributed by atoms with Gasteiger partial charge in [-0.1, -0.05) is 67.1 Å². The number of amides is 2. The first-order valence-electron chi connectivity index (χ1n) is 13.6. The van der Waals surface area contributed by atoms with Gasteiger partial charge in [0.05, 0.1) is 21.2 Å². The Kier molecular flexibility index (Phi) is 10.9. The fraction of sp³-hybridized carbons (Fsp3) is 0.355. The summed E-state index contributed by atoms with van der Waals surface area (Å²) in [7, 11) is -4.53. The first-order valence-corrected chi connectivity index (χ1v) is 15.5. The number of rotatable bonds is 11. The number of nitrogens with zero attached hydrogens (tertiary/aromatic N) is 2. The number of carbonyl (C=O) groups excluding carboxylic acids is 2. The fourth-order valence-corrected chi connectivity index (χ4v) is 6.13. The standard InChI is InChI=1S/C31H35ClF3N3O4S/c1-5-27(29(40)36-30(2,3)4)37(19-18-22-12-8-6-9-13-22)28(39)21-38(43(41,42)24-14-10-7-11-15-24)23-16-17-26(32)25(20-23)31(33,34)35/h6-17,20,27H,5,18-19,21H2,1-4H3,(H,36,40). The molecule has 3 aromatic carbocycles. The van der Waals surface area contributed by atoms with Crippen molar-refractivity contribution in [2.45, 2.75) is 63.2 Å². The predicted octanol–water partition coefficient (Wildman–Crippen LogP) is 6.32. The maximum absolute atomic E-state index is 14.0. The molecular weight excluding hydrogens is 603 g/mol. The summed E-state index contributed by atoms with van der Waals surface area (Å²) < 4.78 is 69.6. The molecule has 7 nitrogen and oxygen atoms in total. The van der Waals surface area contributed by atoms with Gasteiger partial charge in [0.15, 0.2) is 0 Å². The molecule has 2 amide bonds. The molecule has 43 heavy (non-hydrogen) atoms. The molecule has 1 atom stereocenters. The third kappa shape index (κ3) is 8.96. The number of benzene rings is 3. The lowest BCUT2D eigenvalue weighted by Crippen LogP contribution is -2.56. The van der Waals surface area contributed by atoms with Gasteiger partial charge in [-0.3, -0.25) is 13.9 Å². The Morgan fingerprint density at radius 3 is 2.05 bits per heavy atom. The van der Waals surface area contributed by atoms with E-state index in [0.717, 1.165) is 17.7 Å². The first kappa shape index (κ1) is 33.9. The lowest BCUT2D eigenvalue weighted by Gasteiger charge is -2.35. The van der Waals surface area contributed by atoms with E-state index in [9.17, 15) is 31.2 Å². The molecule has 0 bridgehead atoms. The average molecular weight is 638 g/mol. The Labute approximate surface area is 255 Å². The summed E-state index contributed by atoms with van der Waals surface area (Å²) in [6.45, 7) is 6.31. The summed E-state index contributed by atoms with van der Waals surface area (Å²) in [5.41, 5.74) is -1.38. The van der Waals surface area contributed by atoms with E-state index in [1.807, 2.05) is 30.3 Å². The number of sulfonamides is 1. The van der Waals surface area contributed by atoms with Gasteiger partial charge in [0.25, 0.3) is 10.0 Å². The van der Waals surface area contributed by atoms with Crippen molar-refractivity contribution >= 4 is 39.1 Å². The summed E-state index contributed by atoms with van der Waals surface area (Å²) in [5, 5.41) is 2.25. The van der Waals surface area contributed by atoms with E-state index < -0.39 is 62.4 Å². The Morgan fingerprint density at radius 1 is 0.930 bits per heavy atom. The lowest BCUT2D eigenvalue weighted by molar-refractivity contribution is -0.140. The van der Waals surface area contributed by atoms with Crippen LogP contribution >= 0.6 is 11.6 Å². The molecule has 0 fully saturated rings. The van der Waals surface area contributed by atoms with Crippen LogP contribution in [-0.2, 0) is 32.2 Å². The first-order chi connectivity index (χ1) is 20.0. The van der Waals surface area contributed by atoms with Gasteiger partial charge in [-0.15, -0.1) is 0 Å². The minimum Gasteiger partial charge on any atom is -0.350 e. The van der Waals surface area contributed by atoms with Gasteiger partial charge >= 0.3 is 6.18 Å². The largest absolute Gasteiger partial charge is 0.417 e. The summed E-state index contributed by atoms with van der Waals surface area (Å²) >= 11 is 5.81. The smallest absolute Gasteiger partial charge is 0.350 e. The maximum Gasteiger partial charge on any atom is 0.417 e. The van der Waals surface area contributed by atoms with Crippen molar-refractivity contribution < 1.29 is 31.2 Å². The van der Waals surface area contributed by atoms with Gasteiger partial charge in [0.2, 0.25) is 11.8 Å². The summed E-state index contributed by atoms with van der Waals surface area (Å²) in [4.78, 5) is 28.4. The van der Waals surface area contributed by atoms with Gasteiger partial charge in [-0.25, -0.2) is 8.42 Å². The van der Waals surface area contributed by atoms with Crippen LogP contribution in [0.15, 0.2) is 83.8 Å². The van der Waals surface area contributed by atoms with E-state index >= 15 is 0 Å². The molecule has 0 aromatic heterocycles. The van der Waals surface area contributed by atoms with Gasteiger partial charge in [0.1, 0.15) is 12.6 Å². The van der Waals surface area contributed by atoms with E-state index in [2.05, 4.69) is 5.32 Å². The summed E-state index contributed by atoms with van der Waals surface area (Å²) in [6.07, 6.45) is -4.30. The second-order valence-electron chi connectivity index (χ2n) is 11.0. The number of anilines is 1. The quantitative estimate of drug-likeness (QED) is 0.267. The second-order valence-corrected chi connectivity index (χ2v) is 13.2. The Hall–Kier alpha value is -3.57. The van der Waals surface area contributed by atoms with Crippen LogP contribution in [0.1, 0.15) is 45.2 Å². The molecule has 12 heteroatoms. The zero-order chi connectivity index (χ0) is 32.0. The third-order valence-electron chi connectivity index (χ3n) is 6.52. The van der Waals surface area contributed by atoms with Crippen molar-refractivity contribution in [3.63, 3.8) is 0 Å². The highest BCUT2D eigenvalue weighted by Gasteiger charge is 2.37. The van der Waals surface area contributed by atoms with Crippen molar-refractivity contribution in [2.24, 2.45) is 0 Å². The van der Waals surface area contributed by atoms with Crippen molar-refractivity contribution in [3.05, 3.63) is 95.0 Å². The lowest BCUT2D eigenvalue weighted by atomic mass is 10.1. The topological polar surface area (TPSA) is 86.8 Å². The van der Waals surface area contributed by atoms with Crippen LogP contribution in [-0.4, -0.2) is 49.8 Å². The van der Waals surface area contributed by atoms with E-state index in [0.29, 0.717) is 16.8 Å². The molecule has 3 rings (SSSR count). The highest BCUT2D eigenvalue weighted by Crippen LogP contribution is 2.38. The third-order valence-corrected chi connectivity index (χ3v) is 8.64. The number of carbonyl (C=O) groups is 2. The molecule has 0 aliphatic heterocycles. The molecule has 0 saturated carbocycles. The number of alkyl halides is 3. The minimum absolute atomic E-state index is 0.0621. The zero-order valence-electron chi connectivity index (χ0n) is 24.4. The van der Waals surface area contributed by atoms with Crippen LogP contribution in [0.25, 0.3) is 0 Å². The van der Waals surface area contributed by atoms with Crippen molar-refractivity contribution in [1.29, 1.82) is 0 Å². The molecule has 0 saturated heterocycles. The Morgan fingerprint density at radius 2 is 1.51 bits per heavy atom. The molecule has 3 aromatic rings. The second kappa shape index (κ2) is 13.8. The summed E-state index contributed by atoms with van der Waals surface area (Å²) in [5.74, 6) is -1.19. The molecule has 0 aliphatic carbocycles. The number of hydrogen-bond acceptors (Lipinski definition) is 4. The van der Waals surface area contributed by atoms with Crippen LogP contribution < -0.4 is 9.62 Å². The van der Waals surface area contributed by atoms with Crippen LogP contribution in [0, 0.1) is 0 Å². The van der Waals surface area contributed by atoms with Gasteiger partial charge in [0, 0.05) is 12.1 Å². The average Bonchev–Trinajstić information content (AvgIpc) is 2.93. The number of halogens is 4.